The summed E-state index contributed by atoms with van der Waals surface area (Å²) in [6.07, 6.45) is 12.8. The topological polar surface area (TPSA) is 38.9 Å². The van der Waals surface area contributed by atoms with Crippen LogP contribution in [0.1, 0.15) is 83.2 Å². The first kappa shape index (κ1) is 17.8. The second-order valence-electron chi connectivity index (χ2n) is 9.54. The molecule has 0 saturated heterocycles. The summed E-state index contributed by atoms with van der Waals surface area (Å²) in [6.45, 7) is 9.24. The fourth-order valence-corrected chi connectivity index (χ4v) is 8.46. The summed E-state index contributed by atoms with van der Waals surface area (Å²) in [7, 11) is 0. The lowest BCUT2D eigenvalue weighted by atomic mass is 9.46. The summed E-state index contributed by atoms with van der Waals surface area (Å²) in [4.78, 5) is 6.15. The van der Waals surface area contributed by atoms with Gasteiger partial charge in [0.2, 0.25) is 0 Å². The molecule has 3 fully saturated rings. The average molecular weight is 361 g/mol. The van der Waals surface area contributed by atoms with Crippen LogP contribution in [-0.2, 0) is 12.8 Å². The molecule has 0 aliphatic heterocycles. The van der Waals surface area contributed by atoms with E-state index in [1.54, 1.807) is 11.3 Å². The molecule has 6 atom stereocenters. The lowest BCUT2D eigenvalue weighted by Crippen LogP contribution is -2.53. The van der Waals surface area contributed by atoms with E-state index in [4.69, 9.17) is 5.73 Å². The first-order valence-corrected chi connectivity index (χ1v) is 11.6. The number of nitrogen functional groups attached to an aromatic ring is 1. The van der Waals surface area contributed by atoms with Crippen LogP contribution < -0.4 is 5.73 Å². The van der Waals surface area contributed by atoms with Crippen molar-refractivity contribution in [1.82, 2.24) is 4.98 Å². The van der Waals surface area contributed by atoms with E-state index in [0.717, 1.165) is 28.8 Å². The van der Waals surface area contributed by atoms with Gasteiger partial charge in [0.15, 0.2) is 5.13 Å². The molecule has 2 nitrogen and oxygen atoms in total. The van der Waals surface area contributed by atoms with Gasteiger partial charge < -0.3 is 5.73 Å². The van der Waals surface area contributed by atoms with Crippen LogP contribution in [0.2, 0.25) is 0 Å². The Morgan fingerprint density at radius 1 is 1.04 bits per heavy atom. The summed E-state index contributed by atoms with van der Waals surface area (Å²) < 4.78 is 0. The highest BCUT2D eigenvalue weighted by Gasteiger charge is 2.58. The van der Waals surface area contributed by atoms with Gasteiger partial charge in [-0.15, -0.1) is 11.3 Å². The Morgan fingerprint density at radius 3 is 2.64 bits per heavy atom. The molecule has 4 aliphatic rings. The second kappa shape index (κ2) is 6.25. The van der Waals surface area contributed by atoms with Crippen LogP contribution in [0.5, 0.6) is 0 Å². The second-order valence-corrected chi connectivity index (χ2v) is 10.7. The fourth-order valence-electron chi connectivity index (χ4n) is 7.42. The molecule has 0 bridgehead atoms. The molecule has 2 N–H and O–H groups in total. The zero-order chi connectivity index (χ0) is 17.8. The Hall–Kier alpha value is -0.570. The maximum Gasteiger partial charge on any atom is 0.180 e. The Labute approximate surface area is 158 Å². The Morgan fingerprint density at radius 2 is 1.84 bits per heavy atom. The van der Waals surface area contributed by atoms with Crippen molar-refractivity contribution in [3.63, 3.8) is 0 Å². The molecule has 140 valence electrons. The van der Waals surface area contributed by atoms with Crippen LogP contribution in [0.3, 0.4) is 0 Å². The third kappa shape index (κ3) is 2.59. The van der Waals surface area contributed by atoms with E-state index in [1.165, 1.54) is 68.4 Å². The van der Waals surface area contributed by atoms with Crippen molar-refractivity contribution < 1.29 is 0 Å². The SMILES string of the molecule is CC.CC12CCCC1C1CCC3Cc4nc(N)sc4CC3(C)C1CC2. The number of rotatable bonds is 0. The predicted molar refractivity (Wildman–Crippen MR) is 108 cm³/mol. The zero-order valence-corrected chi connectivity index (χ0v) is 17.4. The van der Waals surface area contributed by atoms with E-state index in [2.05, 4.69) is 18.8 Å². The number of aromatic nitrogens is 1. The van der Waals surface area contributed by atoms with Gasteiger partial charge in [-0.2, -0.15) is 0 Å². The smallest absolute Gasteiger partial charge is 0.180 e. The Balaban J connectivity index is 0.000000758. The number of nitrogens with zero attached hydrogens (tertiary/aromatic N) is 1. The minimum Gasteiger partial charge on any atom is -0.375 e. The van der Waals surface area contributed by atoms with Gasteiger partial charge >= 0.3 is 0 Å². The van der Waals surface area contributed by atoms with E-state index in [-0.39, 0.29) is 0 Å². The van der Waals surface area contributed by atoms with Gasteiger partial charge in [0.05, 0.1) is 5.69 Å². The molecule has 1 aromatic heterocycles. The van der Waals surface area contributed by atoms with Gasteiger partial charge in [0.25, 0.3) is 0 Å². The molecular weight excluding hydrogens is 324 g/mol. The van der Waals surface area contributed by atoms with E-state index in [0.29, 0.717) is 10.8 Å². The molecular formula is C22H36N2S. The predicted octanol–water partition coefficient (Wildman–Crippen LogP) is 6.10. The third-order valence-corrected chi connectivity index (χ3v) is 9.55. The molecule has 4 aliphatic carbocycles. The summed E-state index contributed by atoms with van der Waals surface area (Å²) in [5, 5.41) is 0.792. The van der Waals surface area contributed by atoms with E-state index < -0.39 is 0 Å². The molecule has 3 saturated carbocycles. The fraction of sp³-hybridized carbons (Fsp3) is 0.864. The molecule has 0 amide bonds. The number of thiazole rings is 1. The molecule has 25 heavy (non-hydrogen) atoms. The van der Waals surface area contributed by atoms with E-state index in [1.807, 2.05) is 13.8 Å². The van der Waals surface area contributed by atoms with Gasteiger partial charge in [-0.3, -0.25) is 0 Å². The van der Waals surface area contributed by atoms with Gasteiger partial charge in [-0.05, 0) is 85.9 Å². The highest BCUT2D eigenvalue weighted by atomic mass is 32.1. The minimum absolute atomic E-state index is 0.513. The van der Waals surface area contributed by atoms with Crippen molar-refractivity contribution in [2.45, 2.75) is 85.5 Å². The molecule has 0 aromatic carbocycles. The molecule has 6 unspecified atom stereocenters. The lowest BCUT2D eigenvalue weighted by molar-refractivity contribution is -0.0897. The quantitative estimate of drug-likeness (QED) is 0.607. The molecule has 1 heterocycles. The standard InChI is InChI=1S/C20H30N2S.C2H6/c1-19-8-3-4-14(19)13-6-5-12-10-16-17(23-18(21)22-16)11-20(12,2)15(13)7-9-19;1-2/h12-15H,3-11H2,1-2H3,(H2,21,22);1-2H3. The summed E-state index contributed by atoms with van der Waals surface area (Å²) in [5.41, 5.74) is 8.55. The lowest BCUT2D eigenvalue weighted by Gasteiger charge is -2.59. The number of nitrogens with two attached hydrogens (primary N) is 1. The van der Waals surface area contributed by atoms with Crippen LogP contribution in [-0.4, -0.2) is 4.98 Å². The van der Waals surface area contributed by atoms with Crippen molar-refractivity contribution >= 4 is 16.5 Å². The molecule has 0 radical (unpaired) electrons. The summed E-state index contributed by atoms with van der Waals surface area (Å²) in [5.74, 6) is 3.83. The zero-order valence-electron chi connectivity index (χ0n) is 16.6. The van der Waals surface area contributed by atoms with Crippen LogP contribution in [0.25, 0.3) is 0 Å². The number of fused-ring (bicyclic) bond motifs is 6. The minimum atomic E-state index is 0.513. The van der Waals surface area contributed by atoms with Gasteiger partial charge in [0.1, 0.15) is 0 Å². The van der Waals surface area contributed by atoms with Crippen LogP contribution in [0, 0.1) is 34.5 Å². The highest BCUT2D eigenvalue weighted by molar-refractivity contribution is 7.15. The van der Waals surface area contributed by atoms with E-state index >= 15 is 0 Å². The van der Waals surface area contributed by atoms with Crippen LogP contribution >= 0.6 is 11.3 Å². The first-order valence-electron chi connectivity index (χ1n) is 10.7. The van der Waals surface area contributed by atoms with Crippen molar-refractivity contribution in [3.8, 4) is 0 Å². The van der Waals surface area contributed by atoms with Crippen molar-refractivity contribution in [3.05, 3.63) is 10.6 Å². The van der Waals surface area contributed by atoms with Crippen molar-refractivity contribution in [1.29, 1.82) is 0 Å². The molecule has 1 aromatic rings. The molecule has 5 rings (SSSR count). The normalized spacial score (nSPS) is 44.6. The van der Waals surface area contributed by atoms with Crippen molar-refractivity contribution in [2.75, 3.05) is 5.73 Å². The third-order valence-electron chi connectivity index (χ3n) is 8.62. The molecule has 3 heteroatoms. The average Bonchev–Trinajstić information content (AvgIpc) is 3.15. The number of anilines is 1. The van der Waals surface area contributed by atoms with Crippen LogP contribution in [0.4, 0.5) is 5.13 Å². The Bertz CT molecular complexity index is 638. The molecule has 0 spiro atoms. The van der Waals surface area contributed by atoms with Gasteiger partial charge in [0, 0.05) is 4.88 Å². The van der Waals surface area contributed by atoms with Gasteiger partial charge in [-0.25, -0.2) is 4.98 Å². The largest absolute Gasteiger partial charge is 0.375 e. The first-order chi connectivity index (χ1) is 12.0. The summed E-state index contributed by atoms with van der Waals surface area (Å²) in [6, 6.07) is 0. The summed E-state index contributed by atoms with van der Waals surface area (Å²) >= 11 is 1.77. The number of hydrogen-bond acceptors (Lipinski definition) is 3. The Kier molecular flexibility index (Phi) is 4.46. The maximum atomic E-state index is 6.02. The highest BCUT2D eigenvalue weighted by Crippen LogP contribution is 2.65. The monoisotopic (exact) mass is 360 g/mol. The van der Waals surface area contributed by atoms with Crippen molar-refractivity contribution in [2.24, 2.45) is 34.5 Å². The maximum absolute atomic E-state index is 6.02. The van der Waals surface area contributed by atoms with E-state index in [9.17, 15) is 0 Å². The van der Waals surface area contributed by atoms with Crippen LogP contribution in [0.15, 0.2) is 0 Å². The van der Waals surface area contributed by atoms with Gasteiger partial charge in [-0.1, -0.05) is 34.1 Å². The number of hydrogen-bond donors (Lipinski definition) is 1.